The van der Waals surface area contributed by atoms with E-state index in [0.29, 0.717) is 4.57 Å². The number of aliphatic imine (C=N–C) groups is 1. The van der Waals surface area contributed by atoms with Crippen molar-refractivity contribution in [3.63, 3.8) is 0 Å². The van der Waals surface area contributed by atoms with Crippen LogP contribution in [0.2, 0.25) is 5.02 Å². The second-order valence-electron chi connectivity index (χ2n) is 6.23. The van der Waals surface area contributed by atoms with Crippen LogP contribution in [0.1, 0.15) is 11.4 Å². The van der Waals surface area contributed by atoms with Gasteiger partial charge in [0.05, 0.1) is 17.3 Å². The first-order valence-corrected chi connectivity index (χ1v) is 10.2. The van der Waals surface area contributed by atoms with Gasteiger partial charge in [-0.25, -0.2) is 31.9 Å². The Labute approximate surface area is 178 Å². The van der Waals surface area contributed by atoms with E-state index < -0.39 is 38.5 Å². The molecule has 164 valence electrons. The third-order valence-corrected chi connectivity index (χ3v) is 5.76. The number of nitrogens with two attached hydrogens (primary N) is 1. The summed E-state index contributed by atoms with van der Waals surface area (Å²) in [5.41, 5.74) is 4.31. The molecule has 0 aliphatic carbocycles. The Morgan fingerprint density at radius 1 is 1.32 bits per heavy atom. The van der Waals surface area contributed by atoms with E-state index in [4.69, 9.17) is 17.3 Å². The van der Waals surface area contributed by atoms with E-state index in [2.05, 4.69) is 24.7 Å². The van der Waals surface area contributed by atoms with Gasteiger partial charge in [0.2, 0.25) is 10.0 Å². The number of aromatic nitrogens is 4. The molecule has 31 heavy (non-hydrogen) atoms. The average molecular weight is 472 g/mol. The molecule has 0 fully saturated rings. The van der Waals surface area contributed by atoms with Gasteiger partial charge in [-0.2, -0.15) is 0 Å². The van der Waals surface area contributed by atoms with Crippen LogP contribution in [-0.2, 0) is 30.7 Å². The molecule has 0 aliphatic heterocycles. The molecule has 0 atom stereocenters. The normalized spacial score (nSPS) is 12.3. The standard InChI is InChI=1S/C16H15ClFN7O5S/c1-24-7-12(15(26)25(2)16(24)27)31(28,29)20-6-11-13(23-30-22-11)14(19)21-8-3-4-10(18)9(17)5-8/h3-5,7,20H,6H2,1-2H3,(H2,19,21). The maximum atomic E-state index is 13.3. The number of amidine groups is 1. The fourth-order valence-electron chi connectivity index (χ4n) is 2.46. The summed E-state index contributed by atoms with van der Waals surface area (Å²) in [6, 6.07) is 3.65. The van der Waals surface area contributed by atoms with E-state index in [1.165, 1.54) is 19.2 Å². The Morgan fingerprint density at radius 2 is 2.03 bits per heavy atom. The molecule has 3 rings (SSSR count). The molecule has 0 saturated carbocycles. The number of hydrogen-bond donors (Lipinski definition) is 2. The number of hydrogen-bond acceptors (Lipinski definition) is 8. The predicted molar refractivity (Wildman–Crippen MR) is 107 cm³/mol. The highest BCUT2D eigenvalue weighted by Crippen LogP contribution is 2.22. The molecule has 2 aromatic heterocycles. The van der Waals surface area contributed by atoms with Gasteiger partial charge in [-0.3, -0.25) is 9.36 Å². The number of halogens is 2. The smallest absolute Gasteiger partial charge is 0.330 e. The lowest BCUT2D eigenvalue weighted by Crippen LogP contribution is -2.41. The minimum Gasteiger partial charge on any atom is -0.382 e. The van der Waals surface area contributed by atoms with Crippen LogP contribution in [0.4, 0.5) is 10.1 Å². The van der Waals surface area contributed by atoms with E-state index in [-0.39, 0.29) is 27.9 Å². The second kappa shape index (κ2) is 8.41. The zero-order chi connectivity index (χ0) is 22.9. The van der Waals surface area contributed by atoms with Crippen LogP contribution in [-0.4, -0.2) is 33.7 Å². The van der Waals surface area contributed by atoms with Crippen LogP contribution in [0.5, 0.6) is 0 Å². The summed E-state index contributed by atoms with van der Waals surface area (Å²) in [5.74, 6) is -0.835. The minimum absolute atomic E-state index is 0.0281. The van der Waals surface area contributed by atoms with Gasteiger partial charge in [0.15, 0.2) is 16.4 Å². The van der Waals surface area contributed by atoms with Crippen LogP contribution in [0.15, 0.2) is 48.5 Å². The first kappa shape index (κ1) is 22.3. The molecule has 2 heterocycles. The molecule has 0 spiro atoms. The summed E-state index contributed by atoms with van der Waals surface area (Å²) >= 11 is 5.70. The van der Waals surface area contributed by atoms with Crippen molar-refractivity contribution in [1.82, 2.24) is 24.2 Å². The van der Waals surface area contributed by atoms with Crippen molar-refractivity contribution >= 4 is 33.1 Å². The highest BCUT2D eigenvalue weighted by molar-refractivity contribution is 7.89. The largest absolute Gasteiger partial charge is 0.382 e. The lowest BCUT2D eigenvalue weighted by molar-refractivity contribution is 0.302. The first-order valence-electron chi connectivity index (χ1n) is 8.38. The zero-order valence-electron chi connectivity index (χ0n) is 16.0. The van der Waals surface area contributed by atoms with Gasteiger partial charge in [-0.1, -0.05) is 16.8 Å². The molecule has 15 heteroatoms. The number of benzene rings is 1. The minimum atomic E-state index is -4.33. The number of nitrogens with one attached hydrogen (secondary N) is 1. The zero-order valence-corrected chi connectivity index (χ0v) is 17.6. The molecule has 0 bridgehead atoms. The van der Waals surface area contributed by atoms with Crippen molar-refractivity contribution in [3.05, 3.63) is 67.5 Å². The van der Waals surface area contributed by atoms with Crippen LogP contribution in [0, 0.1) is 5.82 Å². The summed E-state index contributed by atoms with van der Waals surface area (Å²) in [4.78, 5) is 27.3. The Bertz CT molecular complexity index is 1410. The fraction of sp³-hybridized carbons (Fsp3) is 0.188. The van der Waals surface area contributed by atoms with Gasteiger partial charge in [0, 0.05) is 20.3 Å². The van der Waals surface area contributed by atoms with E-state index in [1.807, 2.05) is 0 Å². The molecule has 0 amide bonds. The van der Waals surface area contributed by atoms with Crippen molar-refractivity contribution < 1.29 is 17.4 Å². The molecule has 0 aliphatic rings. The summed E-state index contributed by atoms with van der Waals surface area (Å²) in [6.45, 7) is -0.451. The third kappa shape index (κ3) is 4.55. The maximum Gasteiger partial charge on any atom is 0.330 e. The van der Waals surface area contributed by atoms with Crippen molar-refractivity contribution in [2.75, 3.05) is 0 Å². The SMILES string of the molecule is Cn1cc(S(=O)(=O)NCc2nonc2C(N)=Nc2ccc(F)c(Cl)c2)c(=O)n(C)c1=O. The highest BCUT2D eigenvalue weighted by atomic mass is 35.5. The average Bonchev–Trinajstić information content (AvgIpc) is 3.19. The van der Waals surface area contributed by atoms with Crippen LogP contribution < -0.4 is 21.7 Å². The highest BCUT2D eigenvalue weighted by Gasteiger charge is 2.23. The lowest BCUT2D eigenvalue weighted by atomic mass is 10.3. The van der Waals surface area contributed by atoms with Crippen molar-refractivity contribution in [2.24, 2.45) is 24.8 Å². The van der Waals surface area contributed by atoms with E-state index in [9.17, 15) is 22.4 Å². The summed E-state index contributed by atoms with van der Waals surface area (Å²) in [6.07, 6.45) is 0.906. The molecule has 0 saturated heterocycles. The van der Waals surface area contributed by atoms with E-state index >= 15 is 0 Å². The summed E-state index contributed by atoms with van der Waals surface area (Å²) in [7, 11) is -1.87. The van der Waals surface area contributed by atoms with Crippen LogP contribution in [0.3, 0.4) is 0 Å². The molecular weight excluding hydrogens is 457 g/mol. The molecule has 0 radical (unpaired) electrons. The van der Waals surface area contributed by atoms with Crippen molar-refractivity contribution in [2.45, 2.75) is 11.4 Å². The monoisotopic (exact) mass is 471 g/mol. The van der Waals surface area contributed by atoms with Crippen molar-refractivity contribution in [3.8, 4) is 0 Å². The van der Waals surface area contributed by atoms with Gasteiger partial charge in [0.1, 0.15) is 11.5 Å². The molecular formula is C16H15ClFN7O5S. The molecule has 12 nitrogen and oxygen atoms in total. The fourth-order valence-corrected chi connectivity index (χ4v) is 3.78. The van der Waals surface area contributed by atoms with E-state index in [1.54, 1.807) is 0 Å². The summed E-state index contributed by atoms with van der Waals surface area (Å²) < 4.78 is 46.8. The summed E-state index contributed by atoms with van der Waals surface area (Å²) in [5, 5.41) is 7.00. The Kier molecular flexibility index (Phi) is 6.06. The van der Waals surface area contributed by atoms with Crippen LogP contribution in [0.25, 0.3) is 0 Å². The van der Waals surface area contributed by atoms with Gasteiger partial charge >= 0.3 is 5.69 Å². The first-order chi connectivity index (χ1) is 14.5. The molecule has 3 aromatic rings. The maximum absolute atomic E-state index is 13.3. The molecule has 0 unspecified atom stereocenters. The number of nitrogens with zero attached hydrogens (tertiary/aromatic N) is 5. The third-order valence-electron chi connectivity index (χ3n) is 4.09. The molecule has 3 N–H and O–H groups in total. The van der Waals surface area contributed by atoms with Gasteiger partial charge < -0.3 is 10.3 Å². The number of aryl methyl sites for hydroxylation is 1. The Hall–Kier alpha value is -3.36. The Balaban J connectivity index is 1.87. The lowest BCUT2D eigenvalue weighted by Gasteiger charge is -2.08. The quantitative estimate of drug-likeness (QED) is 0.367. The van der Waals surface area contributed by atoms with Crippen molar-refractivity contribution in [1.29, 1.82) is 0 Å². The van der Waals surface area contributed by atoms with E-state index in [0.717, 1.165) is 23.9 Å². The number of sulfonamides is 1. The molecule has 1 aromatic carbocycles. The topological polar surface area (TPSA) is 167 Å². The van der Waals surface area contributed by atoms with Gasteiger partial charge in [-0.05, 0) is 23.4 Å². The Morgan fingerprint density at radius 3 is 2.71 bits per heavy atom. The van der Waals surface area contributed by atoms with Gasteiger partial charge in [0.25, 0.3) is 5.56 Å². The van der Waals surface area contributed by atoms with Crippen LogP contribution >= 0.6 is 11.6 Å². The second-order valence-corrected chi connectivity index (χ2v) is 8.37. The predicted octanol–water partition coefficient (Wildman–Crippen LogP) is -0.225. The number of rotatable bonds is 6. The van der Waals surface area contributed by atoms with Gasteiger partial charge in [-0.15, -0.1) is 0 Å².